The SMILES string of the molecule is CNCC1CCN(C(=O)COc2cc(C)ccc2C)C1. The minimum Gasteiger partial charge on any atom is -0.483 e. The highest BCUT2D eigenvalue weighted by atomic mass is 16.5. The number of nitrogens with zero attached hydrogens (tertiary/aromatic N) is 1. The Morgan fingerprint density at radius 2 is 2.25 bits per heavy atom. The molecule has 4 heteroatoms. The van der Waals surface area contributed by atoms with Gasteiger partial charge in [-0.05, 0) is 57.0 Å². The summed E-state index contributed by atoms with van der Waals surface area (Å²) in [6.45, 7) is 6.82. The van der Waals surface area contributed by atoms with Crippen molar-refractivity contribution < 1.29 is 9.53 Å². The highest BCUT2D eigenvalue weighted by Gasteiger charge is 2.25. The van der Waals surface area contributed by atoms with E-state index in [2.05, 4.69) is 5.32 Å². The van der Waals surface area contributed by atoms with E-state index in [9.17, 15) is 4.79 Å². The van der Waals surface area contributed by atoms with Crippen molar-refractivity contribution in [3.05, 3.63) is 29.3 Å². The lowest BCUT2D eigenvalue weighted by Crippen LogP contribution is -2.34. The molecule has 0 radical (unpaired) electrons. The molecule has 1 N–H and O–H groups in total. The van der Waals surface area contributed by atoms with Crippen molar-refractivity contribution in [2.24, 2.45) is 5.92 Å². The van der Waals surface area contributed by atoms with Crippen LogP contribution in [0.15, 0.2) is 18.2 Å². The third-order valence-electron chi connectivity index (χ3n) is 3.83. The number of hydrogen-bond donors (Lipinski definition) is 1. The van der Waals surface area contributed by atoms with Crippen molar-refractivity contribution in [1.29, 1.82) is 0 Å². The number of amides is 1. The van der Waals surface area contributed by atoms with Crippen molar-refractivity contribution in [3.8, 4) is 5.75 Å². The molecule has 0 aliphatic carbocycles. The van der Waals surface area contributed by atoms with Crippen LogP contribution in [-0.4, -0.2) is 44.1 Å². The molecule has 0 aromatic heterocycles. The molecule has 0 spiro atoms. The quantitative estimate of drug-likeness (QED) is 0.891. The Bertz CT molecular complexity index is 474. The monoisotopic (exact) mass is 276 g/mol. The van der Waals surface area contributed by atoms with E-state index in [1.807, 2.05) is 44.0 Å². The fourth-order valence-electron chi connectivity index (χ4n) is 2.61. The third kappa shape index (κ3) is 3.73. The molecule has 1 saturated heterocycles. The highest BCUT2D eigenvalue weighted by Crippen LogP contribution is 2.20. The molecular weight excluding hydrogens is 252 g/mol. The number of nitrogens with one attached hydrogen (secondary N) is 1. The molecule has 4 nitrogen and oxygen atoms in total. The summed E-state index contributed by atoms with van der Waals surface area (Å²) in [4.78, 5) is 14.1. The molecule has 1 aromatic rings. The van der Waals surface area contributed by atoms with Crippen LogP contribution in [0, 0.1) is 19.8 Å². The van der Waals surface area contributed by atoms with E-state index in [0.29, 0.717) is 5.92 Å². The third-order valence-corrected chi connectivity index (χ3v) is 3.83. The van der Waals surface area contributed by atoms with Crippen molar-refractivity contribution in [2.45, 2.75) is 20.3 Å². The van der Waals surface area contributed by atoms with E-state index in [0.717, 1.165) is 42.9 Å². The lowest BCUT2D eigenvalue weighted by Gasteiger charge is -2.17. The normalized spacial score (nSPS) is 18.4. The van der Waals surface area contributed by atoms with Crippen molar-refractivity contribution in [2.75, 3.05) is 33.3 Å². The van der Waals surface area contributed by atoms with Gasteiger partial charge in [-0.15, -0.1) is 0 Å². The predicted molar refractivity (Wildman–Crippen MR) is 80.0 cm³/mol. The highest BCUT2D eigenvalue weighted by molar-refractivity contribution is 5.78. The number of benzene rings is 1. The van der Waals surface area contributed by atoms with Gasteiger partial charge in [0.05, 0.1) is 0 Å². The molecule has 1 fully saturated rings. The van der Waals surface area contributed by atoms with Crippen LogP contribution in [0.2, 0.25) is 0 Å². The minimum atomic E-state index is 0.0875. The minimum absolute atomic E-state index is 0.0875. The molecule has 1 aliphatic rings. The van der Waals surface area contributed by atoms with Gasteiger partial charge in [-0.1, -0.05) is 12.1 Å². The summed E-state index contributed by atoms with van der Waals surface area (Å²) >= 11 is 0. The lowest BCUT2D eigenvalue weighted by atomic mass is 10.1. The van der Waals surface area contributed by atoms with Gasteiger partial charge in [0.25, 0.3) is 5.91 Å². The standard InChI is InChI=1S/C16H24N2O2/c1-12-4-5-13(2)15(8-12)20-11-16(19)18-7-6-14(10-18)9-17-3/h4-5,8,14,17H,6-7,9-11H2,1-3H3. The van der Waals surface area contributed by atoms with Crippen LogP contribution in [0.1, 0.15) is 17.5 Å². The first-order valence-electron chi connectivity index (χ1n) is 7.22. The number of rotatable bonds is 5. The second-order valence-electron chi connectivity index (χ2n) is 5.61. The van der Waals surface area contributed by atoms with Crippen LogP contribution in [0.4, 0.5) is 0 Å². The predicted octanol–water partition coefficient (Wildman–Crippen LogP) is 1.75. The van der Waals surface area contributed by atoms with Crippen molar-refractivity contribution in [1.82, 2.24) is 10.2 Å². The smallest absolute Gasteiger partial charge is 0.260 e. The average Bonchev–Trinajstić information content (AvgIpc) is 2.88. The number of carbonyl (C=O) groups excluding carboxylic acids is 1. The average molecular weight is 276 g/mol. The molecule has 1 unspecified atom stereocenters. The Morgan fingerprint density at radius 1 is 1.45 bits per heavy atom. The van der Waals surface area contributed by atoms with E-state index >= 15 is 0 Å². The van der Waals surface area contributed by atoms with E-state index in [-0.39, 0.29) is 12.5 Å². The van der Waals surface area contributed by atoms with Crippen LogP contribution in [-0.2, 0) is 4.79 Å². The summed E-state index contributed by atoms with van der Waals surface area (Å²) in [6.07, 6.45) is 1.08. The number of carbonyl (C=O) groups is 1. The molecular formula is C16H24N2O2. The Morgan fingerprint density at radius 3 is 3.00 bits per heavy atom. The van der Waals surface area contributed by atoms with Crippen LogP contribution < -0.4 is 10.1 Å². The number of aryl methyl sites for hydroxylation is 2. The van der Waals surface area contributed by atoms with Crippen molar-refractivity contribution >= 4 is 5.91 Å². The largest absolute Gasteiger partial charge is 0.483 e. The molecule has 1 atom stereocenters. The van der Waals surface area contributed by atoms with Crippen LogP contribution >= 0.6 is 0 Å². The molecule has 1 amide bonds. The van der Waals surface area contributed by atoms with Gasteiger partial charge in [0.15, 0.2) is 6.61 Å². The summed E-state index contributed by atoms with van der Waals surface area (Å²) in [5, 5.41) is 3.17. The maximum Gasteiger partial charge on any atom is 0.260 e. The molecule has 0 saturated carbocycles. The summed E-state index contributed by atoms with van der Waals surface area (Å²) < 4.78 is 5.68. The molecule has 110 valence electrons. The second-order valence-corrected chi connectivity index (χ2v) is 5.61. The summed E-state index contributed by atoms with van der Waals surface area (Å²) in [5.74, 6) is 1.47. The van der Waals surface area contributed by atoms with Crippen LogP contribution in [0.3, 0.4) is 0 Å². The number of likely N-dealkylation sites (tertiary alicyclic amines) is 1. The Hall–Kier alpha value is -1.55. The first-order valence-corrected chi connectivity index (χ1v) is 7.22. The molecule has 1 aliphatic heterocycles. The van der Waals surface area contributed by atoms with Crippen LogP contribution in [0.25, 0.3) is 0 Å². The zero-order valence-corrected chi connectivity index (χ0v) is 12.6. The summed E-state index contributed by atoms with van der Waals surface area (Å²) in [6, 6.07) is 6.05. The summed E-state index contributed by atoms with van der Waals surface area (Å²) in [7, 11) is 1.95. The van der Waals surface area contributed by atoms with Crippen LogP contribution in [0.5, 0.6) is 5.75 Å². The molecule has 1 heterocycles. The van der Waals surface area contributed by atoms with E-state index in [4.69, 9.17) is 4.74 Å². The summed E-state index contributed by atoms with van der Waals surface area (Å²) in [5.41, 5.74) is 2.21. The molecule has 1 aromatic carbocycles. The Labute approximate surface area is 121 Å². The van der Waals surface area contributed by atoms with Gasteiger partial charge in [-0.3, -0.25) is 4.79 Å². The Kier molecular flexibility index (Phi) is 5.01. The molecule has 0 bridgehead atoms. The zero-order valence-electron chi connectivity index (χ0n) is 12.6. The maximum absolute atomic E-state index is 12.1. The zero-order chi connectivity index (χ0) is 14.5. The van der Waals surface area contributed by atoms with E-state index in [1.165, 1.54) is 0 Å². The fraction of sp³-hybridized carbons (Fsp3) is 0.562. The Balaban J connectivity index is 1.85. The first kappa shape index (κ1) is 14.9. The number of ether oxygens (including phenoxy) is 1. The molecule has 2 rings (SSSR count). The van der Waals surface area contributed by atoms with Gasteiger partial charge in [0.2, 0.25) is 0 Å². The van der Waals surface area contributed by atoms with Gasteiger partial charge in [-0.25, -0.2) is 0 Å². The number of hydrogen-bond acceptors (Lipinski definition) is 3. The molecule has 20 heavy (non-hydrogen) atoms. The van der Waals surface area contributed by atoms with Gasteiger partial charge >= 0.3 is 0 Å². The van der Waals surface area contributed by atoms with Gasteiger partial charge in [-0.2, -0.15) is 0 Å². The second kappa shape index (κ2) is 6.75. The van der Waals surface area contributed by atoms with Gasteiger partial charge in [0.1, 0.15) is 5.75 Å². The van der Waals surface area contributed by atoms with Crippen molar-refractivity contribution in [3.63, 3.8) is 0 Å². The van der Waals surface area contributed by atoms with Gasteiger partial charge in [0, 0.05) is 13.1 Å². The van der Waals surface area contributed by atoms with E-state index in [1.54, 1.807) is 0 Å². The maximum atomic E-state index is 12.1. The first-order chi connectivity index (χ1) is 9.60. The lowest BCUT2D eigenvalue weighted by molar-refractivity contribution is -0.132. The topological polar surface area (TPSA) is 41.6 Å². The van der Waals surface area contributed by atoms with Gasteiger partial charge < -0.3 is 15.0 Å². The fourth-order valence-corrected chi connectivity index (χ4v) is 2.61. The van der Waals surface area contributed by atoms with E-state index < -0.39 is 0 Å².